The number of hydrogen-bond donors (Lipinski definition) is 0. The number of fused-ring (bicyclic) bond motifs is 3. The van der Waals surface area contributed by atoms with Crippen molar-refractivity contribution in [3.05, 3.63) is 30.3 Å². The van der Waals surface area contributed by atoms with Crippen molar-refractivity contribution in [2.24, 2.45) is 11.8 Å². The molecule has 4 fully saturated rings. The van der Waals surface area contributed by atoms with Crippen molar-refractivity contribution in [2.45, 2.75) is 40.2 Å². The summed E-state index contributed by atoms with van der Waals surface area (Å²) in [4.78, 5) is 30.7. The maximum atomic E-state index is 13.4. The Balaban J connectivity index is 0.00000204. The molecule has 0 spiro atoms. The molecule has 192 valence electrons. The molecule has 1 aromatic rings. The maximum absolute atomic E-state index is 13.4. The van der Waals surface area contributed by atoms with Crippen LogP contribution in [0.4, 0.5) is 5.69 Å². The van der Waals surface area contributed by atoms with E-state index >= 15 is 0 Å². The molecule has 1 aromatic carbocycles. The zero-order valence-corrected chi connectivity index (χ0v) is 22.8. The van der Waals surface area contributed by atoms with Gasteiger partial charge in [0.1, 0.15) is 39.3 Å². The Morgan fingerprint density at radius 2 is 1.35 bits per heavy atom. The van der Waals surface area contributed by atoms with E-state index in [0.29, 0.717) is 30.8 Å². The number of amides is 2. The normalized spacial score (nSPS) is 30.3. The van der Waals surface area contributed by atoms with Crippen molar-refractivity contribution >= 4 is 17.5 Å². The minimum Gasteiger partial charge on any atom is -1.00 e. The van der Waals surface area contributed by atoms with Crippen LogP contribution in [0, 0.1) is 11.8 Å². The number of piperidine rings is 1. The second kappa shape index (κ2) is 11.6. The van der Waals surface area contributed by atoms with E-state index in [2.05, 4.69) is 32.6 Å². The first-order chi connectivity index (χ1) is 15.2. The molecular weight excluding hydrogens is 471 g/mol. The predicted octanol–water partition coefficient (Wildman–Crippen LogP) is -3.40. The first kappa shape index (κ1) is 28.9. The van der Waals surface area contributed by atoms with Crippen molar-refractivity contribution < 1.29 is 43.4 Å². The second-order valence-electron chi connectivity index (χ2n) is 11.3. The van der Waals surface area contributed by atoms with Crippen molar-refractivity contribution in [1.29, 1.82) is 0 Å². The summed E-state index contributed by atoms with van der Waals surface area (Å²) in [5.74, 6) is 1.78. The number of likely N-dealkylation sites (tertiary alicyclic amines) is 1. The van der Waals surface area contributed by atoms with E-state index < -0.39 is 0 Å². The third-order valence-electron chi connectivity index (χ3n) is 8.13. The second-order valence-corrected chi connectivity index (χ2v) is 11.3. The molecule has 2 atom stereocenters. The monoisotopic (exact) mass is 512 g/mol. The molecule has 0 saturated carbocycles. The lowest BCUT2D eigenvalue weighted by Crippen LogP contribution is -3.00. The van der Waals surface area contributed by atoms with E-state index in [0.717, 1.165) is 67.0 Å². The summed E-state index contributed by atoms with van der Waals surface area (Å²) in [6.07, 6.45) is 1.23. The summed E-state index contributed by atoms with van der Waals surface area (Å²) in [6.45, 7) is 17.8. The fourth-order valence-corrected chi connectivity index (χ4v) is 6.35. The highest BCUT2D eigenvalue weighted by atomic mass is 35.5. The van der Waals surface area contributed by atoms with Gasteiger partial charge in [0.05, 0.1) is 0 Å². The molecule has 2 bridgehead atoms. The van der Waals surface area contributed by atoms with Gasteiger partial charge in [-0.2, -0.15) is 0 Å². The standard InChI is InChI=1S/C26H42N4O2.2ClH/c1-21(2)28(24-8-6-5-7-9-24)26(32)20-30-13-10-29(11-14-30,12-15-30)19-25(31)27-17-22(3)16-23(4)18-27;;/h5-9,21-23H,10-20H2,1-4H3;2*1H/q+2;;/p-2. The van der Waals surface area contributed by atoms with Gasteiger partial charge in [0, 0.05) is 24.8 Å². The molecule has 5 rings (SSSR count). The molecule has 0 aliphatic carbocycles. The average molecular weight is 514 g/mol. The van der Waals surface area contributed by atoms with Gasteiger partial charge in [-0.1, -0.05) is 32.0 Å². The molecule has 4 saturated heterocycles. The number of piperazine rings is 3. The summed E-state index contributed by atoms with van der Waals surface area (Å²) in [6, 6.07) is 10.2. The van der Waals surface area contributed by atoms with Gasteiger partial charge in [0.15, 0.2) is 13.1 Å². The number of rotatable bonds is 6. The first-order valence-electron chi connectivity index (χ1n) is 12.6. The van der Waals surface area contributed by atoms with Gasteiger partial charge >= 0.3 is 0 Å². The zero-order chi connectivity index (χ0) is 22.9. The SMILES string of the molecule is CC1CC(C)CN(C(=O)C[N+]23CC[N+](CC(=O)N(c4ccccc4)C(C)C)(CC2)CC3)C1.[Cl-].[Cl-]. The van der Waals surface area contributed by atoms with Gasteiger partial charge in [0.25, 0.3) is 11.8 Å². The summed E-state index contributed by atoms with van der Waals surface area (Å²) < 4.78 is 1.82. The summed E-state index contributed by atoms with van der Waals surface area (Å²) >= 11 is 0. The first-order valence-corrected chi connectivity index (χ1v) is 12.6. The Morgan fingerprint density at radius 3 is 1.82 bits per heavy atom. The van der Waals surface area contributed by atoms with Crippen LogP contribution in [0.15, 0.2) is 30.3 Å². The highest BCUT2D eigenvalue weighted by Crippen LogP contribution is 2.29. The molecule has 6 nitrogen and oxygen atoms in total. The molecule has 0 N–H and O–H groups in total. The maximum Gasteiger partial charge on any atom is 0.282 e. The quantitative estimate of drug-likeness (QED) is 0.373. The van der Waals surface area contributed by atoms with Crippen LogP contribution in [0.2, 0.25) is 0 Å². The molecule has 34 heavy (non-hydrogen) atoms. The smallest absolute Gasteiger partial charge is 0.282 e. The average Bonchev–Trinajstić information content (AvgIpc) is 2.75. The van der Waals surface area contributed by atoms with E-state index in [1.807, 2.05) is 35.2 Å². The minimum atomic E-state index is 0. The third kappa shape index (κ3) is 6.26. The lowest BCUT2D eigenvalue weighted by molar-refractivity contribution is -1.07. The largest absolute Gasteiger partial charge is 1.00 e. The Hall–Kier alpha value is -1.34. The van der Waals surface area contributed by atoms with E-state index in [9.17, 15) is 9.59 Å². The van der Waals surface area contributed by atoms with Crippen molar-refractivity contribution in [3.8, 4) is 0 Å². The van der Waals surface area contributed by atoms with E-state index in [4.69, 9.17) is 0 Å². The molecule has 0 aromatic heterocycles. The van der Waals surface area contributed by atoms with E-state index in [1.165, 1.54) is 6.42 Å². The number of para-hydroxylation sites is 1. The van der Waals surface area contributed by atoms with Gasteiger partial charge in [-0.15, -0.1) is 0 Å². The lowest BCUT2D eigenvalue weighted by atomic mass is 9.92. The molecule has 0 radical (unpaired) electrons. The number of carbonyl (C=O) groups excluding carboxylic acids is 2. The molecule has 2 unspecified atom stereocenters. The highest BCUT2D eigenvalue weighted by Gasteiger charge is 2.51. The van der Waals surface area contributed by atoms with Gasteiger partial charge < -0.3 is 43.6 Å². The Morgan fingerprint density at radius 1 is 0.882 bits per heavy atom. The zero-order valence-electron chi connectivity index (χ0n) is 21.3. The Labute approximate surface area is 218 Å². The summed E-state index contributed by atoms with van der Waals surface area (Å²) in [5, 5.41) is 0. The third-order valence-corrected chi connectivity index (χ3v) is 8.13. The number of anilines is 1. The number of quaternary nitrogens is 2. The van der Waals surface area contributed by atoms with Crippen LogP contribution in [-0.2, 0) is 9.59 Å². The van der Waals surface area contributed by atoms with Crippen LogP contribution < -0.4 is 29.7 Å². The molecule has 4 heterocycles. The fraction of sp³-hybridized carbons (Fsp3) is 0.692. The molecule has 4 aliphatic heterocycles. The van der Waals surface area contributed by atoms with Crippen molar-refractivity contribution in [2.75, 3.05) is 70.3 Å². The van der Waals surface area contributed by atoms with E-state index in [-0.39, 0.29) is 36.8 Å². The van der Waals surface area contributed by atoms with Gasteiger partial charge in [-0.3, -0.25) is 9.59 Å². The topological polar surface area (TPSA) is 40.6 Å². The van der Waals surface area contributed by atoms with E-state index in [1.54, 1.807) is 0 Å². The van der Waals surface area contributed by atoms with Crippen LogP contribution >= 0.6 is 0 Å². The molecule has 4 aliphatic rings. The van der Waals surface area contributed by atoms with Gasteiger partial charge in [-0.25, -0.2) is 0 Å². The number of nitrogens with zero attached hydrogens (tertiary/aromatic N) is 4. The van der Waals surface area contributed by atoms with Crippen LogP contribution in [0.25, 0.3) is 0 Å². The lowest BCUT2D eigenvalue weighted by Gasteiger charge is -2.55. The van der Waals surface area contributed by atoms with Gasteiger partial charge in [0.2, 0.25) is 0 Å². The molecule has 2 amide bonds. The number of benzene rings is 1. The van der Waals surface area contributed by atoms with Crippen molar-refractivity contribution in [3.63, 3.8) is 0 Å². The highest BCUT2D eigenvalue weighted by molar-refractivity contribution is 5.94. The van der Waals surface area contributed by atoms with Crippen LogP contribution in [0.3, 0.4) is 0 Å². The predicted molar refractivity (Wildman–Crippen MR) is 128 cm³/mol. The number of halogens is 2. The fourth-order valence-electron chi connectivity index (χ4n) is 6.35. The minimum absolute atomic E-state index is 0. The molecular formula is C26H42Cl2N4O2. The molecule has 8 heteroatoms. The van der Waals surface area contributed by atoms with Gasteiger partial charge in [-0.05, 0) is 44.2 Å². The van der Waals surface area contributed by atoms with Crippen LogP contribution in [-0.4, -0.2) is 97.2 Å². The van der Waals surface area contributed by atoms with Crippen LogP contribution in [0.5, 0.6) is 0 Å². The summed E-state index contributed by atoms with van der Waals surface area (Å²) in [5.41, 5.74) is 0.987. The van der Waals surface area contributed by atoms with Crippen LogP contribution in [0.1, 0.15) is 34.1 Å². The Kier molecular flexibility index (Phi) is 9.85. The number of carbonyl (C=O) groups is 2. The Bertz CT molecular complexity index is 801. The summed E-state index contributed by atoms with van der Waals surface area (Å²) in [7, 11) is 0. The van der Waals surface area contributed by atoms with Crippen molar-refractivity contribution in [1.82, 2.24) is 4.90 Å². The number of hydrogen-bond acceptors (Lipinski definition) is 2.